The van der Waals surface area contributed by atoms with Gasteiger partial charge in [0.25, 0.3) is 0 Å². The summed E-state index contributed by atoms with van der Waals surface area (Å²) in [6.07, 6.45) is 2.05. The Bertz CT molecular complexity index is 587. The second-order valence-corrected chi connectivity index (χ2v) is 5.98. The van der Waals surface area contributed by atoms with E-state index in [4.69, 9.17) is 34.8 Å². The van der Waals surface area contributed by atoms with E-state index >= 15 is 0 Å². The van der Waals surface area contributed by atoms with E-state index in [1.165, 1.54) is 4.90 Å². The van der Waals surface area contributed by atoms with Crippen molar-refractivity contribution < 1.29 is 0 Å². The lowest BCUT2D eigenvalue weighted by molar-refractivity contribution is 1.14. The number of rotatable bonds is 4. The molecule has 0 saturated carbocycles. The molecule has 100 valence electrons. The van der Waals surface area contributed by atoms with Gasteiger partial charge in [0.1, 0.15) is 0 Å². The van der Waals surface area contributed by atoms with Crippen molar-refractivity contribution in [1.29, 1.82) is 0 Å². The molecule has 0 saturated heterocycles. The van der Waals surface area contributed by atoms with Gasteiger partial charge in [0, 0.05) is 27.7 Å². The van der Waals surface area contributed by atoms with Crippen LogP contribution in [0.4, 0.5) is 5.69 Å². The van der Waals surface area contributed by atoms with Crippen molar-refractivity contribution in [2.75, 3.05) is 11.6 Å². The van der Waals surface area contributed by atoms with Gasteiger partial charge in [-0.15, -0.1) is 11.8 Å². The lowest BCUT2D eigenvalue weighted by Crippen LogP contribution is -2.01. The van der Waals surface area contributed by atoms with Crippen LogP contribution in [0.15, 0.2) is 41.3 Å². The smallest absolute Gasteiger partial charge is 0.0657 e. The molecule has 0 spiro atoms. The van der Waals surface area contributed by atoms with Gasteiger partial charge in [0.2, 0.25) is 0 Å². The van der Waals surface area contributed by atoms with Crippen molar-refractivity contribution in [2.24, 2.45) is 0 Å². The molecular formula is C14H12Cl3NS. The molecule has 0 heterocycles. The van der Waals surface area contributed by atoms with Crippen molar-refractivity contribution in [1.82, 2.24) is 0 Å². The SMILES string of the molecule is CSc1cccc(NCc2c(Cl)ccc(Cl)c2Cl)c1. The highest BCUT2D eigenvalue weighted by Gasteiger charge is 2.09. The van der Waals surface area contributed by atoms with E-state index in [0.29, 0.717) is 21.6 Å². The molecule has 19 heavy (non-hydrogen) atoms. The lowest BCUT2D eigenvalue weighted by atomic mass is 10.2. The average molecular weight is 333 g/mol. The molecular weight excluding hydrogens is 321 g/mol. The minimum absolute atomic E-state index is 0.502. The monoisotopic (exact) mass is 331 g/mol. The Hall–Kier alpha value is -0.540. The Balaban J connectivity index is 2.16. The molecule has 0 radical (unpaired) electrons. The summed E-state index contributed by atoms with van der Waals surface area (Å²) in [7, 11) is 0. The van der Waals surface area contributed by atoms with Crippen molar-refractivity contribution in [3.05, 3.63) is 57.0 Å². The summed E-state index contributed by atoms with van der Waals surface area (Å²) >= 11 is 20.0. The molecule has 2 aromatic carbocycles. The van der Waals surface area contributed by atoms with Gasteiger partial charge in [-0.25, -0.2) is 0 Å². The van der Waals surface area contributed by atoms with Crippen LogP contribution in [0.5, 0.6) is 0 Å². The van der Waals surface area contributed by atoms with Crippen LogP contribution in [-0.2, 0) is 6.54 Å². The molecule has 0 aromatic heterocycles. The fourth-order valence-electron chi connectivity index (χ4n) is 1.65. The van der Waals surface area contributed by atoms with E-state index in [9.17, 15) is 0 Å². The van der Waals surface area contributed by atoms with Gasteiger partial charge in [0.15, 0.2) is 0 Å². The predicted molar refractivity (Wildman–Crippen MR) is 87.0 cm³/mol. The molecule has 5 heteroatoms. The molecule has 0 aliphatic heterocycles. The fourth-order valence-corrected chi connectivity index (χ4v) is 2.80. The second-order valence-electron chi connectivity index (χ2n) is 3.91. The Kier molecular flexibility index (Phi) is 5.28. The Morgan fingerprint density at radius 1 is 1.05 bits per heavy atom. The van der Waals surface area contributed by atoms with Crippen molar-refractivity contribution in [3.8, 4) is 0 Å². The predicted octanol–water partition coefficient (Wildman–Crippen LogP) is 5.98. The van der Waals surface area contributed by atoms with Gasteiger partial charge in [-0.2, -0.15) is 0 Å². The standard InChI is InChI=1S/C14H12Cl3NS/c1-19-10-4-2-3-9(7-10)18-8-11-12(15)5-6-13(16)14(11)17/h2-7,18H,8H2,1H3. The lowest BCUT2D eigenvalue weighted by Gasteiger charge is -2.11. The Morgan fingerprint density at radius 3 is 2.53 bits per heavy atom. The number of benzene rings is 2. The molecule has 2 rings (SSSR count). The first-order valence-corrected chi connectivity index (χ1v) is 7.98. The highest BCUT2D eigenvalue weighted by atomic mass is 35.5. The van der Waals surface area contributed by atoms with Crippen LogP contribution in [-0.4, -0.2) is 6.26 Å². The van der Waals surface area contributed by atoms with Gasteiger partial charge in [0.05, 0.1) is 10.0 Å². The summed E-state index contributed by atoms with van der Waals surface area (Å²) < 4.78 is 0. The normalized spacial score (nSPS) is 10.5. The molecule has 1 N–H and O–H groups in total. The molecule has 1 nitrogen and oxygen atoms in total. The van der Waals surface area contributed by atoms with E-state index < -0.39 is 0 Å². The van der Waals surface area contributed by atoms with Crippen LogP contribution in [0.3, 0.4) is 0 Å². The molecule has 0 bridgehead atoms. The molecule has 0 aliphatic carbocycles. The number of hydrogen-bond acceptors (Lipinski definition) is 2. The third kappa shape index (κ3) is 3.73. The van der Waals surface area contributed by atoms with Gasteiger partial charge >= 0.3 is 0 Å². The van der Waals surface area contributed by atoms with Crippen LogP contribution in [0.2, 0.25) is 15.1 Å². The molecule has 0 unspecified atom stereocenters. The summed E-state index contributed by atoms with van der Waals surface area (Å²) in [5.41, 5.74) is 1.84. The van der Waals surface area contributed by atoms with E-state index in [0.717, 1.165) is 11.3 Å². The first kappa shape index (κ1) is 14.9. The topological polar surface area (TPSA) is 12.0 Å². The number of hydrogen-bond donors (Lipinski definition) is 1. The van der Waals surface area contributed by atoms with Crippen molar-refractivity contribution >= 4 is 52.3 Å². The van der Waals surface area contributed by atoms with E-state index in [2.05, 4.69) is 17.4 Å². The molecule has 2 aromatic rings. The van der Waals surface area contributed by atoms with Crippen LogP contribution in [0, 0.1) is 0 Å². The molecule has 0 aliphatic rings. The maximum absolute atomic E-state index is 6.16. The van der Waals surface area contributed by atoms with Crippen LogP contribution in [0.1, 0.15) is 5.56 Å². The van der Waals surface area contributed by atoms with Gasteiger partial charge < -0.3 is 5.32 Å². The first-order valence-electron chi connectivity index (χ1n) is 5.62. The first-order chi connectivity index (χ1) is 9.11. The highest BCUT2D eigenvalue weighted by Crippen LogP contribution is 2.32. The summed E-state index contributed by atoms with van der Waals surface area (Å²) in [6, 6.07) is 11.6. The third-order valence-corrected chi connectivity index (χ3v) is 4.60. The maximum atomic E-state index is 6.16. The largest absolute Gasteiger partial charge is 0.381 e. The minimum atomic E-state index is 0.502. The van der Waals surface area contributed by atoms with Gasteiger partial charge in [-0.3, -0.25) is 0 Å². The Labute approximate surface area is 132 Å². The van der Waals surface area contributed by atoms with E-state index in [-0.39, 0.29) is 0 Å². The van der Waals surface area contributed by atoms with E-state index in [1.807, 2.05) is 18.4 Å². The molecule has 0 fully saturated rings. The number of anilines is 1. The van der Waals surface area contributed by atoms with Gasteiger partial charge in [-0.05, 0) is 36.6 Å². The highest BCUT2D eigenvalue weighted by molar-refractivity contribution is 7.98. The van der Waals surface area contributed by atoms with Crippen LogP contribution in [0.25, 0.3) is 0 Å². The zero-order valence-corrected chi connectivity index (χ0v) is 13.3. The summed E-state index contributed by atoms with van der Waals surface area (Å²) in [5, 5.41) is 4.93. The minimum Gasteiger partial charge on any atom is -0.381 e. The number of thioether (sulfide) groups is 1. The van der Waals surface area contributed by atoms with E-state index in [1.54, 1.807) is 23.9 Å². The molecule has 0 atom stereocenters. The molecule has 0 amide bonds. The fraction of sp³-hybridized carbons (Fsp3) is 0.143. The number of nitrogens with one attached hydrogen (secondary N) is 1. The zero-order chi connectivity index (χ0) is 13.8. The number of halogens is 3. The second kappa shape index (κ2) is 6.76. The summed E-state index contributed by atoms with van der Waals surface area (Å²) in [4.78, 5) is 1.20. The zero-order valence-electron chi connectivity index (χ0n) is 10.2. The van der Waals surface area contributed by atoms with Crippen molar-refractivity contribution in [2.45, 2.75) is 11.4 Å². The van der Waals surface area contributed by atoms with Gasteiger partial charge in [-0.1, -0.05) is 40.9 Å². The summed E-state index contributed by atoms with van der Waals surface area (Å²) in [6.45, 7) is 0.538. The van der Waals surface area contributed by atoms with Crippen LogP contribution >= 0.6 is 46.6 Å². The van der Waals surface area contributed by atoms with Crippen LogP contribution < -0.4 is 5.32 Å². The third-order valence-electron chi connectivity index (χ3n) is 2.68. The quantitative estimate of drug-likeness (QED) is 0.546. The maximum Gasteiger partial charge on any atom is 0.0657 e. The summed E-state index contributed by atoms with van der Waals surface area (Å²) in [5.74, 6) is 0. The Morgan fingerprint density at radius 2 is 1.79 bits per heavy atom. The van der Waals surface area contributed by atoms with Crippen molar-refractivity contribution in [3.63, 3.8) is 0 Å². The average Bonchev–Trinajstić information content (AvgIpc) is 2.43.